The SMILES string of the molecule is COCC(CO)NS(=O)(=O)c1cc(OC)c(OC)cc1C. The zero-order chi connectivity index (χ0) is 16.0. The number of aliphatic hydroxyl groups excluding tert-OH is 1. The molecule has 21 heavy (non-hydrogen) atoms. The second kappa shape index (κ2) is 7.60. The van der Waals surface area contributed by atoms with E-state index in [0.717, 1.165) is 0 Å². The summed E-state index contributed by atoms with van der Waals surface area (Å²) >= 11 is 0. The molecular formula is C13H21NO6S. The van der Waals surface area contributed by atoms with Crippen LogP contribution in [0.3, 0.4) is 0 Å². The Kier molecular flexibility index (Phi) is 6.41. The van der Waals surface area contributed by atoms with Gasteiger partial charge in [0.15, 0.2) is 11.5 Å². The van der Waals surface area contributed by atoms with E-state index in [1.54, 1.807) is 13.0 Å². The maximum atomic E-state index is 12.4. The van der Waals surface area contributed by atoms with Crippen molar-refractivity contribution >= 4 is 10.0 Å². The Bertz CT molecular complexity index is 572. The highest BCUT2D eigenvalue weighted by Gasteiger charge is 2.23. The molecule has 0 saturated heterocycles. The highest BCUT2D eigenvalue weighted by molar-refractivity contribution is 7.89. The van der Waals surface area contributed by atoms with Gasteiger partial charge in [-0.2, -0.15) is 0 Å². The van der Waals surface area contributed by atoms with E-state index < -0.39 is 16.1 Å². The smallest absolute Gasteiger partial charge is 0.241 e. The Balaban J connectivity index is 3.19. The van der Waals surface area contributed by atoms with Gasteiger partial charge in [0.1, 0.15) is 0 Å². The highest BCUT2D eigenvalue weighted by atomic mass is 32.2. The molecule has 1 aromatic carbocycles. The minimum absolute atomic E-state index is 0.0645. The lowest BCUT2D eigenvalue weighted by Gasteiger charge is -2.18. The van der Waals surface area contributed by atoms with Crippen molar-refractivity contribution in [3.63, 3.8) is 0 Å². The van der Waals surface area contributed by atoms with Gasteiger partial charge in [-0.15, -0.1) is 0 Å². The van der Waals surface area contributed by atoms with Crippen LogP contribution in [0.25, 0.3) is 0 Å². The first-order chi connectivity index (χ1) is 9.89. The second-order valence-corrected chi connectivity index (χ2v) is 6.11. The van der Waals surface area contributed by atoms with Crippen LogP contribution in [0.1, 0.15) is 5.56 Å². The molecule has 0 aliphatic carbocycles. The Labute approximate surface area is 124 Å². The summed E-state index contributed by atoms with van der Waals surface area (Å²) in [5, 5.41) is 9.17. The number of rotatable bonds is 8. The van der Waals surface area contributed by atoms with E-state index in [9.17, 15) is 8.42 Å². The minimum atomic E-state index is -3.81. The Morgan fingerprint density at radius 3 is 2.24 bits per heavy atom. The number of sulfonamides is 1. The number of nitrogens with one attached hydrogen (secondary N) is 1. The number of methoxy groups -OCH3 is 3. The molecule has 0 amide bonds. The highest BCUT2D eigenvalue weighted by Crippen LogP contribution is 2.32. The van der Waals surface area contributed by atoms with Gasteiger partial charge < -0.3 is 19.3 Å². The quantitative estimate of drug-likeness (QED) is 0.716. The van der Waals surface area contributed by atoms with Crippen molar-refractivity contribution in [3.05, 3.63) is 17.7 Å². The second-order valence-electron chi connectivity index (χ2n) is 4.43. The summed E-state index contributed by atoms with van der Waals surface area (Å²) in [6, 6.07) is 2.25. The number of aliphatic hydroxyl groups is 1. The van der Waals surface area contributed by atoms with Crippen LogP contribution in [0.4, 0.5) is 0 Å². The first kappa shape index (κ1) is 17.7. The van der Waals surface area contributed by atoms with Crippen LogP contribution in [-0.2, 0) is 14.8 Å². The summed E-state index contributed by atoms with van der Waals surface area (Å²) in [6.07, 6.45) is 0. The molecule has 0 aromatic heterocycles. The van der Waals surface area contributed by atoms with Crippen molar-refractivity contribution < 1.29 is 27.7 Å². The van der Waals surface area contributed by atoms with Crippen molar-refractivity contribution in [3.8, 4) is 11.5 Å². The van der Waals surface area contributed by atoms with E-state index in [-0.39, 0.29) is 18.1 Å². The Morgan fingerprint density at radius 1 is 1.19 bits per heavy atom. The van der Waals surface area contributed by atoms with E-state index >= 15 is 0 Å². The maximum absolute atomic E-state index is 12.4. The molecule has 0 radical (unpaired) electrons. The lowest BCUT2D eigenvalue weighted by Crippen LogP contribution is -2.40. The third-order valence-corrected chi connectivity index (χ3v) is 4.54. The molecule has 0 bridgehead atoms. The third kappa shape index (κ3) is 4.31. The number of hydrogen-bond acceptors (Lipinski definition) is 6. The molecule has 1 rings (SSSR count). The van der Waals surface area contributed by atoms with E-state index in [1.165, 1.54) is 27.4 Å². The fourth-order valence-electron chi connectivity index (χ4n) is 1.86. The van der Waals surface area contributed by atoms with Crippen LogP contribution in [0, 0.1) is 6.92 Å². The zero-order valence-electron chi connectivity index (χ0n) is 12.5. The largest absolute Gasteiger partial charge is 0.493 e. The number of ether oxygens (including phenoxy) is 3. The van der Waals surface area contributed by atoms with Gasteiger partial charge in [0, 0.05) is 13.2 Å². The monoisotopic (exact) mass is 319 g/mol. The van der Waals surface area contributed by atoms with Gasteiger partial charge in [-0.05, 0) is 18.6 Å². The molecule has 0 saturated carbocycles. The van der Waals surface area contributed by atoms with Crippen molar-refractivity contribution in [2.24, 2.45) is 0 Å². The fourth-order valence-corrected chi connectivity index (χ4v) is 3.31. The van der Waals surface area contributed by atoms with Crippen LogP contribution in [0.5, 0.6) is 11.5 Å². The van der Waals surface area contributed by atoms with Crippen LogP contribution in [0.15, 0.2) is 17.0 Å². The first-order valence-electron chi connectivity index (χ1n) is 6.24. The van der Waals surface area contributed by atoms with Crippen molar-refractivity contribution in [2.75, 3.05) is 34.5 Å². The minimum Gasteiger partial charge on any atom is -0.493 e. The number of benzene rings is 1. The molecule has 0 aliphatic heterocycles. The number of aryl methyl sites for hydroxylation is 1. The van der Waals surface area contributed by atoms with Crippen molar-refractivity contribution in [1.29, 1.82) is 0 Å². The molecular weight excluding hydrogens is 298 g/mol. The molecule has 8 heteroatoms. The fraction of sp³-hybridized carbons (Fsp3) is 0.538. The summed E-state index contributed by atoms with van der Waals surface area (Å²) in [4.78, 5) is 0.0645. The predicted octanol–water partition coefficient (Wildman–Crippen LogP) is 0.298. The summed E-state index contributed by atoms with van der Waals surface area (Å²) < 4.78 is 42.3. The summed E-state index contributed by atoms with van der Waals surface area (Å²) in [5.41, 5.74) is 0.509. The molecule has 120 valence electrons. The molecule has 1 aromatic rings. The average molecular weight is 319 g/mol. The lowest BCUT2D eigenvalue weighted by molar-refractivity contribution is 0.139. The van der Waals surface area contributed by atoms with Gasteiger partial charge in [0.25, 0.3) is 0 Å². The lowest BCUT2D eigenvalue weighted by atomic mass is 10.2. The zero-order valence-corrected chi connectivity index (χ0v) is 13.4. The average Bonchev–Trinajstić information content (AvgIpc) is 2.45. The molecule has 7 nitrogen and oxygen atoms in total. The summed E-state index contributed by atoms with van der Waals surface area (Å²) in [6.45, 7) is 1.36. The molecule has 0 fully saturated rings. The van der Waals surface area contributed by atoms with Gasteiger partial charge in [0.2, 0.25) is 10.0 Å². The van der Waals surface area contributed by atoms with E-state index in [1.807, 2.05) is 0 Å². The van der Waals surface area contributed by atoms with E-state index in [0.29, 0.717) is 17.1 Å². The van der Waals surface area contributed by atoms with Gasteiger partial charge in [-0.3, -0.25) is 0 Å². The normalized spacial score (nSPS) is 13.0. The standard InChI is InChI=1S/C13H21NO6S/c1-9-5-11(19-3)12(20-4)6-13(9)21(16,17)14-10(7-15)8-18-2/h5-6,10,14-15H,7-8H2,1-4H3. The van der Waals surface area contributed by atoms with Crippen LogP contribution in [0.2, 0.25) is 0 Å². The Morgan fingerprint density at radius 2 is 1.76 bits per heavy atom. The van der Waals surface area contributed by atoms with Gasteiger partial charge in [-0.1, -0.05) is 0 Å². The Hall–Kier alpha value is -1.35. The van der Waals surface area contributed by atoms with Crippen molar-refractivity contribution in [1.82, 2.24) is 4.72 Å². The van der Waals surface area contributed by atoms with E-state index in [2.05, 4.69) is 4.72 Å². The molecule has 1 unspecified atom stereocenters. The van der Waals surface area contributed by atoms with Crippen LogP contribution < -0.4 is 14.2 Å². The van der Waals surface area contributed by atoms with Crippen LogP contribution in [-0.4, -0.2) is 54.1 Å². The first-order valence-corrected chi connectivity index (χ1v) is 7.72. The predicted molar refractivity (Wildman–Crippen MR) is 77.4 cm³/mol. The maximum Gasteiger partial charge on any atom is 0.241 e. The summed E-state index contributed by atoms with van der Waals surface area (Å²) in [5.74, 6) is 0.764. The van der Waals surface area contributed by atoms with Crippen molar-refractivity contribution in [2.45, 2.75) is 17.9 Å². The van der Waals surface area contributed by atoms with Gasteiger partial charge in [-0.25, -0.2) is 13.1 Å². The molecule has 0 aliphatic rings. The topological polar surface area (TPSA) is 94.1 Å². The summed E-state index contributed by atoms with van der Waals surface area (Å²) in [7, 11) is 0.527. The van der Waals surface area contributed by atoms with E-state index in [4.69, 9.17) is 19.3 Å². The molecule has 2 N–H and O–H groups in total. The van der Waals surface area contributed by atoms with Crippen LogP contribution >= 0.6 is 0 Å². The van der Waals surface area contributed by atoms with Gasteiger partial charge >= 0.3 is 0 Å². The number of hydrogen-bond donors (Lipinski definition) is 2. The molecule has 1 atom stereocenters. The molecule has 0 spiro atoms. The molecule has 0 heterocycles. The third-order valence-electron chi connectivity index (χ3n) is 2.88. The van der Waals surface area contributed by atoms with Gasteiger partial charge in [0.05, 0.1) is 38.4 Å².